The van der Waals surface area contributed by atoms with E-state index in [1.807, 2.05) is 54.6 Å². The minimum Gasteiger partial charge on any atom is -0.496 e. The first-order valence-corrected chi connectivity index (χ1v) is 10.4. The average Bonchev–Trinajstić information content (AvgIpc) is 2.86. The van der Waals surface area contributed by atoms with Gasteiger partial charge in [0.2, 0.25) is 0 Å². The molecule has 0 aliphatic rings. The van der Waals surface area contributed by atoms with Gasteiger partial charge in [0.05, 0.1) is 24.1 Å². The highest BCUT2D eigenvalue weighted by atomic mass is 16.5. The Hall–Kier alpha value is -4.45. The molecule has 0 unspecified atom stereocenters. The Labute approximate surface area is 192 Å². The number of hydrogen-bond donors (Lipinski definition) is 2. The lowest BCUT2D eigenvalue weighted by molar-refractivity contribution is 0.102. The van der Waals surface area contributed by atoms with E-state index in [4.69, 9.17) is 4.74 Å². The number of carbonyl (C=O) groups excluding carboxylic acids is 2. The Morgan fingerprint density at radius 1 is 0.788 bits per heavy atom. The molecule has 4 rings (SSSR count). The number of aryl methyl sites for hydroxylation is 1. The largest absolute Gasteiger partial charge is 0.496 e. The van der Waals surface area contributed by atoms with E-state index < -0.39 is 0 Å². The fourth-order valence-corrected chi connectivity index (χ4v) is 3.41. The number of nitrogens with one attached hydrogen (secondary N) is 2. The van der Waals surface area contributed by atoms with Crippen LogP contribution in [0.15, 0.2) is 91.1 Å². The summed E-state index contributed by atoms with van der Waals surface area (Å²) < 4.78 is 5.33. The van der Waals surface area contributed by atoms with Crippen LogP contribution in [-0.2, 0) is 0 Å². The van der Waals surface area contributed by atoms with Crippen LogP contribution in [-0.4, -0.2) is 23.9 Å². The highest BCUT2D eigenvalue weighted by molar-refractivity contribution is 6.10. The highest BCUT2D eigenvalue weighted by Gasteiger charge is 2.17. The van der Waals surface area contributed by atoms with Crippen LogP contribution in [0.2, 0.25) is 0 Å². The first kappa shape index (κ1) is 21.8. The number of anilines is 2. The third-order valence-electron chi connectivity index (χ3n) is 5.21. The first-order chi connectivity index (χ1) is 16.0. The molecule has 2 N–H and O–H groups in total. The zero-order valence-corrected chi connectivity index (χ0v) is 18.3. The summed E-state index contributed by atoms with van der Waals surface area (Å²) in [6, 6.07) is 25.9. The van der Waals surface area contributed by atoms with Gasteiger partial charge in [-0.3, -0.25) is 14.6 Å². The van der Waals surface area contributed by atoms with Gasteiger partial charge in [0, 0.05) is 17.4 Å². The minimum absolute atomic E-state index is 0.257. The number of hydrogen-bond acceptors (Lipinski definition) is 4. The number of rotatable bonds is 6. The second-order valence-corrected chi connectivity index (χ2v) is 7.40. The van der Waals surface area contributed by atoms with E-state index in [-0.39, 0.29) is 17.4 Å². The van der Waals surface area contributed by atoms with Gasteiger partial charge in [0.15, 0.2) is 0 Å². The zero-order valence-electron chi connectivity index (χ0n) is 18.3. The second kappa shape index (κ2) is 9.78. The van der Waals surface area contributed by atoms with Gasteiger partial charge in [-0.2, -0.15) is 0 Å². The monoisotopic (exact) mass is 437 g/mol. The molecule has 6 heteroatoms. The average molecular weight is 437 g/mol. The van der Waals surface area contributed by atoms with Gasteiger partial charge in [-0.1, -0.05) is 42.5 Å². The van der Waals surface area contributed by atoms with Crippen LogP contribution in [0.25, 0.3) is 11.1 Å². The predicted molar refractivity (Wildman–Crippen MR) is 130 cm³/mol. The number of carbonyl (C=O) groups is 2. The van der Waals surface area contributed by atoms with Crippen molar-refractivity contribution in [3.8, 4) is 16.9 Å². The maximum Gasteiger partial charge on any atom is 0.259 e. The number of ether oxygens (including phenoxy) is 1. The van der Waals surface area contributed by atoms with E-state index in [0.717, 1.165) is 11.1 Å². The maximum atomic E-state index is 12.9. The molecular formula is C27H23N3O3. The normalized spacial score (nSPS) is 10.4. The van der Waals surface area contributed by atoms with E-state index in [9.17, 15) is 9.59 Å². The van der Waals surface area contributed by atoms with Gasteiger partial charge in [-0.05, 0) is 60.5 Å². The zero-order chi connectivity index (χ0) is 23.2. The van der Waals surface area contributed by atoms with Crippen LogP contribution in [0.1, 0.15) is 26.4 Å². The molecule has 1 heterocycles. The topological polar surface area (TPSA) is 80.3 Å². The SMILES string of the molecule is COc1ccc(C(=O)Nc2ccc(-c3ccccc3)cc2)cc1C(=O)Nc1cccnc1C. The Morgan fingerprint density at radius 3 is 2.21 bits per heavy atom. The van der Waals surface area contributed by atoms with Crippen molar-refractivity contribution in [2.24, 2.45) is 0 Å². The third kappa shape index (κ3) is 5.07. The molecule has 0 fully saturated rings. The number of aromatic nitrogens is 1. The molecule has 0 aliphatic carbocycles. The van der Waals surface area contributed by atoms with E-state index in [1.165, 1.54) is 13.2 Å². The van der Waals surface area contributed by atoms with E-state index >= 15 is 0 Å². The van der Waals surface area contributed by atoms with Gasteiger partial charge in [0.25, 0.3) is 11.8 Å². The van der Waals surface area contributed by atoms with Crippen LogP contribution in [0.4, 0.5) is 11.4 Å². The van der Waals surface area contributed by atoms with Crippen LogP contribution >= 0.6 is 0 Å². The molecule has 0 saturated carbocycles. The van der Waals surface area contributed by atoms with Crippen molar-refractivity contribution in [1.82, 2.24) is 4.98 Å². The van der Waals surface area contributed by atoms with Crippen molar-refractivity contribution in [3.05, 3.63) is 108 Å². The lowest BCUT2D eigenvalue weighted by Gasteiger charge is -2.12. The smallest absolute Gasteiger partial charge is 0.259 e. The van der Waals surface area contributed by atoms with Gasteiger partial charge in [0.1, 0.15) is 5.75 Å². The van der Waals surface area contributed by atoms with Gasteiger partial charge in [-0.15, -0.1) is 0 Å². The maximum absolute atomic E-state index is 12.9. The highest BCUT2D eigenvalue weighted by Crippen LogP contribution is 2.24. The standard InChI is InChI=1S/C27H23N3O3/c1-18-24(9-6-16-28-18)30-27(32)23-17-21(12-15-25(23)33-2)26(31)29-22-13-10-20(11-14-22)19-7-4-3-5-8-19/h3-17H,1-2H3,(H,29,31)(H,30,32). The number of amides is 2. The third-order valence-corrected chi connectivity index (χ3v) is 5.21. The Kier molecular flexibility index (Phi) is 6.45. The van der Waals surface area contributed by atoms with Crippen molar-refractivity contribution < 1.29 is 14.3 Å². The van der Waals surface area contributed by atoms with Gasteiger partial charge < -0.3 is 15.4 Å². The molecular weight excluding hydrogens is 414 g/mol. The summed E-state index contributed by atoms with van der Waals surface area (Å²) in [5.41, 5.74) is 4.71. The summed E-state index contributed by atoms with van der Waals surface area (Å²) >= 11 is 0. The summed E-state index contributed by atoms with van der Waals surface area (Å²) in [6.07, 6.45) is 1.66. The van der Waals surface area contributed by atoms with E-state index in [2.05, 4.69) is 15.6 Å². The number of benzene rings is 3. The number of methoxy groups -OCH3 is 1. The van der Waals surface area contributed by atoms with Crippen molar-refractivity contribution in [2.75, 3.05) is 17.7 Å². The molecule has 33 heavy (non-hydrogen) atoms. The Morgan fingerprint density at radius 2 is 1.52 bits per heavy atom. The van der Waals surface area contributed by atoms with Crippen LogP contribution in [0.5, 0.6) is 5.75 Å². The lowest BCUT2D eigenvalue weighted by Crippen LogP contribution is -2.17. The molecule has 0 aliphatic heterocycles. The molecule has 6 nitrogen and oxygen atoms in total. The molecule has 0 radical (unpaired) electrons. The van der Waals surface area contributed by atoms with E-state index in [0.29, 0.717) is 28.4 Å². The summed E-state index contributed by atoms with van der Waals surface area (Å²) in [7, 11) is 1.48. The molecule has 0 atom stereocenters. The van der Waals surface area contributed by atoms with Crippen molar-refractivity contribution >= 4 is 23.2 Å². The van der Waals surface area contributed by atoms with Crippen LogP contribution in [0, 0.1) is 6.92 Å². The quantitative estimate of drug-likeness (QED) is 0.413. The number of nitrogens with zero attached hydrogens (tertiary/aromatic N) is 1. The molecule has 2 amide bonds. The van der Waals surface area contributed by atoms with Gasteiger partial charge >= 0.3 is 0 Å². The molecule has 1 aromatic heterocycles. The summed E-state index contributed by atoms with van der Waals surface area (Å²) in [5.74, 6) is -0.334. The minimum atomic E-state index is -0.384. The lowest BCUT2D eigenvalue weighted by atomic mass is 10.1. The predicted octanol–water partition coefficient (Wildman–Crippen LogP) is 5.57. The summed E-state index contributed by atoms with van der Waals surface area (Å²) in [6.45, 7) is 1.81. The molecule has 0 bridgehead atoms. The van der Waals surface area contributed by atoms with Crippen molar-refractivity contribution in [3.63, 3.8) is 0 Å². The van der Waals surface area contributed by atoms with Crippen LogP contribution < -0.4 is 15.4 Å². The second-order valence-electron chi connectivity index (χ2n) is 7.40. The van der Waals surface area contributed by atoms with E-state index in [1.54, 1.807) is 37.4 Å². The number of pyridine rings is 1. The van der Waals surface area contributed by atoms with Crippen LogP contribution in [0.3, 0.4) is 0 Å². The first-order valence-electron chi connectivity index (χ1n) is 10.4. The van der Waals surface area contributed by atoms with Crippen molar-refractivity contribution in [2.45, 2.75) is 6.92 Å². The van der Waals surface area contributed by atoms with Gasteiger partial charge in [-0.25, -0.2) is 0 Å². The summed E-state index contributed by atoms with van der Waals surface area (Å²) in [5, 5.41) is 5.70. The summed E-state index contributed by atoms with van der Waals surface area (Å²) in [4.78, 5) is 29.9. The molecule has 164 valence electrons. The fourth-order valence-electron chi connectivity index (χ4n) is 3.41. The Bertz CT molecular complexity index is 1290. The molecule has 3 aromatic carbocycles. The molecule has 0 saturated heterocycles. The van der Waals surface area contributed by atoms with Crippen molar-refractivity contribution in [1.29, 1.82) is 0 Å². The molecule has 0 spiro atoms. The fraction of sp³-hybridized carbons (Fsp3) is 0.0741. The molecule has 4 aromatic rings. The Balaban J connectivity index is 1.52.